The average molecular weight is 288 g/mol. The largest absolute Gasteiger partial charge is 0.480 e. The molecule has 2 rings (SSSR count). The topological polar surface area (TPSA) is 55.1 Å². The number of aromatic nitrogens is 2. The SMILES string of the molecule is CCCCc1nc2cc(C)c(C)cc2n1C(CC)C(=O)O. The van der Waals surface area contributed by atoms with Crippen molar-refractivity contribution in [3.05, 3.63) is 29.1 Å². The Labute approximate surface area is 125 Å². The zero-order valence-electron chi connectivity index (χ0n) is 13.3. The number of imidazole rings is 1. The Bertz CT molecular complexity index is 658. The molecular weight excluding hydrogens is 264 g/mol. The van der Waals surface area contributed by atoms with E-state index in [1.165, 1.54) is 11.1 Å². The van der Waals surface area contributed by atoms with Gasteiger partial charge in [-0.1, -0.05) is 20.3 Å². The molecule has 21 heavy (non-hydrogen) atoms. The standard InChI is InChI=1S/C17H24N2O2/c1-5-7-8-16-18-13-9-11(3)12(4)10-15(13)19(16)14(6-2)17(20)21/h9-10,14H,5-8H2,1-4H3,(H,20,21). The number of rotatable bonds is 6. The molecule has 1 aromatic heterocycles. The van der Waals surface area contributed by atoms with Gasteiger partial charge in [0.25, 0.3) is 0 Å². The van der Waals surface area contributed by atoms with Crippen LogP contribution in [0.25, 0.3) is 11.0 Å². The zero-order chi connectivity index (χ0) is 15.6. The molecule has 0 aliphatic heterocycles. The van der Waals surface area contributed by atoms with E-state index in [4.69, 9.17) is 4.98 Å². The van der Waals surface area contributed by atoms with Gasteiger partial charge in [0, 0.05) is 6.42 Å². The second-order valence-corrected chi connectivity index (χ2v) is 5.69. The van der Waals surface area contributed by atoms with Crippen molar-refractivity contribution in [2.75, 3.05) is 0 Å². The Balaban J connectivity index is 2.66. The number of carbonyl (C=O) groups is 1. The molecule has 0 saturated carbocycles. The minimum atomic E-state index is -0.784. The molecule has 1 N–H and O–H groups in total. The van der Waals surface area contributed by atoms with Crippen LogP contribution in [-0.2, 0) is 11.2 Å². The Morgan fingerprint density at radius 3 is 2.52 bits per heavy atom. The van der Waals surface area contributed by atoms with Gasteiger partial charge in [-0.25, -0.2) is 9.78 Å². The van der Waals surface area contributed by atoms with Crippen LogP contribution in [0.1, 0.15) is 56.1 Å². The molecule has 4 heteroatoms. The Hall–Kier alpha value is -1.84. The van der Waals surface area contributed by atoms with E-state index in [1.807, 2.05) is 11.5 Å². The number of hydrogen-bond acceptors (Lipinski definition) is 2. The van der Waals surface area contributed by atoms with Gasteiger partial charge in [-0.05, 0) is 49.9 Å². The molecule has 0 aliphatic rings. The molecule has 0 spiro atoms. The van der Waals surface area contributed by atoms with Gasteiger partial charge in [-0.3, -0.25) is 0 Å². The molecule has 0 amide bonds. The van der Waals surface area contributed by atoms with E-state index in [1.54, 1.807) is 0 Å². The molecule has 4 nitrogen and oxygen atoms in total. The van der Waals surface area contributed by atoms with E-state index in [-0.39, 0.29) is 0 Å². The molecule has 0 fully saturated rings. The predicted molar refractivity (Wildman–Crippen MR) is 84.8 cm³/mol. The van der Waals surface area contributed by atoms with Gasteiger partial charge < -0.3 is 9.67 Å². The maximum Gasteiger partial charge on any atom is 0.326 e. The first-order chi connectivity index (χ1) is 9.99. The Morgan fingerprint density at radius 2 is 1.95 bits per heavy atom. The van der Waals surface area contributed by atoms with Gasteiger partial charge in [-0.2, -0.15) is 0 Å². The number of hydrogen-bond donors (Lipinski definition) is 1. The molecule has 114 valence electrons. The summed E-state index contributed by atoms with van der Waals surface area (Å²) in [4.78, 5) is 16.3. The van der Waals surface area contributed by atoms with Crippen molar-refractivity contribution in [1.29, 1.82) is 0 Å². The fourth-order valence-corrected chi connectivity index (χ4v) is 2.73. The number of aliphatic carboxylic acids is 1. The van der Waals surface area contributed by atoms with E-state index in [0.717, 1.165) is 36.1 Å². The Kier molecular flexibility index (Phi) is 4.66. The third-order valence-corrected chi connectivity index (χ3v) is 4.12. The van der Waals surface area contributed by atoms with Crippen LogP contribution < -0.4 is 0 Å². The molecule has 1 aromatic carbocycles. The van der Waals surface area contributed by atoms with Gasteiger partial charge in [0.15, 0.2) is 0 Å². The first-order valence-electron chi connectivity index (χ1n) is 7.70. The minimum Gasteiger partial charge on any atom is -0.480 e. The summed E-state index contributed by atoms with van der Waals surface area (Å²) in [6.07, 6.45) is 3.49. The minimum absolute atomic E-state index is 0.538. The summed E-state index contributed by atoms with van der Waals surface area (Å²) in [6.45, 7) is 8.17. The monoisotopic (exact) mass is 288 g/mol. The second kappa shape index (κ2) is 6.29. The van der Waals surface area contributed by atoms with Crippen molar-refractivity contribution in [3.63, 3.8) is 0 Å². The summed E-state index contributed by atoms with van der Waals surface area (Å²) in [6, 6.07) is 3.59. The van der Waals surface area contributed by atoms with Gasteiger partial charge in [0.2, 0.25) is 0 Å². The molecule has 0 saturated heterocycles. The molecule has 1 unspecified atom stereocenters. The van der Waals surface area contributed by atoms with Crippen molar-refractivity contribution in [2.45, 2.75) is 59.4 Å². The highest BCUT2D eigenvalue weighted by Gasteiger charge is 2.23. The summed E-state index contributed by atoms with van der Waals surface area (Å²) in [5.74, 6) is 0.110. The number of carboxylic acid groups (broad SMARTS) is 1. The quantitative estimate of drug-likeness (QED) is 0.873. The van der Waals surface area contributed by atoms with Gasteiger partial charge >= 0.3 is 5.97 Å². The van der Waals surface area contributed by atoms with E-state index in [0.29, 0.717) is 6.42 Å². The fourth-order valence-electron chi connectivity index (χ4n) is 2.73. The van der Waals surface area contributed by atoms with Gasteiger partial charge in [-0.15, -0.1) is 0 Å². The van der Waals surface area contributed by atoms with Gasteiger partial charge in [0.1, 0.15) is 11.9 Å². The number of unbranched alkanes of at least 4 members (excludes halogenated alkanes) is 1. The van der Waals surface area contributed by atoms with Crippen LogP contribution in [0.2, 0.25) is 0 Å². The first kappa shape index (κ1) is 15.5. The third kappa shape index (κ3) is 2.94. The van der Waals surface area contributed by atoms with Crippen LogP contribution in [0.15, 0.2) is 12.1 Å². The lowest BCUT2D eigenvalue weighted by Gasteiger charge is -2.16. The molecule has 0 bridgehead atoms. The highest BCUT2D eigenvalue weighted by molar-refractivity contribution is 5.81. The van der Waals surface area contributed by atoms with Crippen LogP contribution in [-0.4, -0.2) is 20.6 Å². The predicted octanol–water partition coefficient (Wildman–Crippen LogP) is 4.03. The molecule has 0 aliphatic carbocycles. The summed E-state index contributed by atoms with van der Waals surface area (Å²) in [5, 5.41) is 9.53. The van der Waals surface area contributed by atoms with Crippen LogP contribution in [0, 0.1) is 13.8 Å². The Morgan fingerprint density at radius 1 is 1.29 bits per heavy atom. The van der Waals surface area contributed by atoms with Crippen molar-refractivity contribution in [3.8, 4) is 0 Å². The molecule has 0 radical (unpaired) electrons. The summed E-state index contributed by atoms with van der Waals surface area (Å²) >= 11 is 0. The van der Waals surface area contributed by atoms with E-state index in [2.05, 4.69) is 32.9 Å². The van der Waals surface area contributed by atoms with Crippen molar-refractivity contribution in [1.82, 2.24) is 9.55 Å². The number of aryl methyl sites for hydroxylation is 3. The summed E-state index contributed by atoms with van der Waals surface area (Å²) in [7, 11) is 0. The number of fused-ring (bicyclic) bond motifs is 1. The lowest BCUT2D eigenvalue weighted by molar-refractivity contribution is -0.140. The third-order valence-electron chi connectivity index (χ3n) is 4.12. The number of benzene rings is 1. The number of nitrogens with zero attached hydrogens (tertiary/aromatic N) is 2. The van der Waals surface area contributed by atoms with E-state index in [9.17, 15) is 9.90 Å². The maximum absolute atomic E-state index is 11.6. The van der Waals surface area contributed by atoms with Gasteiger partial charge in [0.05, 0.1) is 11.0 Å². The number of carboxylic acids is 1. The van der Waals surface area contributed by atoms with Crippen molar-refractivity contribution >= 4 is 17.0 Å². The fraction of sp³-hybridized carbons (Fsp3) is 0.529. The smallest absolute Gasteiger partial charge is 0.326 e. The van der Waals surface area contributed by atoms with Crippen LogP contribution >= 0.6 is 0 Å². The molecule has 2 aromatic rings. The molecule has 1 heterocycles. The zero-order valence-corrected chi connectivity index (χ0v) is 13.3. The first-order valence-corrected chi connectivity index (χ1v) is 7.70. The van der Waals surface area contributed by atoms with Crippen LogP contribution in [0.4, 0.5) is 0 Å². The van der Waals surface area contributed by atoms with Crippen molar-refractivity contribution in [2.24, 2.45) is 0 Å². The highest BCUT2D eigenvalue weighted by Crippen LogP contribution is 2.27. The summed E-state index contributed by atoms with van der Waals surface area (Å²) in [5.41, 5.74) is 4.21. The van der Waals surface area contributed by atoms with Crippen LogP contribution in [0.3, 0.4) is 0 Å². The molecular formula is C17H24N2O2. The average Bonchev–Trinajstić information content (AvgIpc) is 2.76. The second-order valence-electron chi connectivity index (χ2n) is 5.69. The lowest BCUT2D eigenvalue weighted by Crippen LogP contribution is -2.20. The highest BCUT2D eigenvalue weighted by atomic mass is 16.4. The summed E-state index contributed by atoms with van der Waals surface area (Å²) < 4.78 is 1.93. The van der Waals surface area contributed by atoms with Crippen LogP contribution in [0.5, 0.6) is 0 Å². The molecule has 1 atom stereocenters. The van der Waals surface area contributed by atoms with E-state index >= 15 is 0 Å². The maximum atomic E-state index is 11.6. The van der Waals surface area contributed by atoms with E-state index < -0.39 is 12.0 Å². The normalized spacial score (nSPS) is 12.8. The van der Waals surface area contributed by atoms with Crippen molar-refractivity contribution < 1.29 is 9.90 Å². The lowest BCUT2D eigenvalue weighted by atomic mass is 10.1.